The van der Waals surface area contributed by atoms with E-state index in [-0.39, 0.29) is 0 Å². The van der Waals surface area contributed by atoms with Gasteiger partial charge in [0.1, 0.15) is 10.8 Å². The average molecular weight is 333 g/mol. The maximum atomic E-state index is 11.5. The molecule has 0 unspecified atom stereocenters. The largest absolute Gasteiger partial charge is 0.444 e. The summed E-state index contributed by atoms with van der Waals surface area (Å²) in [6, 6.07) is 9.83. The van der Waals surface area contributed by atoms with E-state index in [9.17, 15) is 4.79 Å². The fraction of sp³-hybridized carbons (Fsp3) is 0.333. The van der Waals surface area contributed by atoms with Crippen LogP contribution in [0.4, 0.5) is 4.79 Å². The number of pyridine rings is 1. The molecule has 0 spiro atoms. The van der Waals surface area contributed by atoms with Gasteiger partial charge in [-0.3, -0.25) is 0 Å². The minimum Gasteiger partial charge on any atom is -0.444 e. The summed E-state index contributed by atoms with van der Waals surface area (Å²) < 4.78 is 5.16. The highest BCUT2D eigenvalue weighted by atomic mass is 35.5. The van der Waals surface area contributed by atoms with Gasteiger partial charge in [-0.1, -0.05) is 42.0 Å². The lowest BCUT2D eigenvalue weighted by molar-refractivity contribution is 0.0529. The fourth-order valence-electron chi connectivity index (χ4n) is 2.01. The van der Waals surface area contributed by atoms with Crippen LogP contribution in [0.15, 0.2) is 36.4 Å². The smallest absolute Gasteiger partial charge is 0.407 e. The second-order valence-electron chi connectivity index (χ2n) is 6.18. The van der Waals surface area contributed by atoms with Gasteiger partial charge in [-0.25, -0.2) is 9.78 Å². The van der Waals surface area contributed by atoms with Crippen molar-refractivity contribution in [3.63, 3.8) is 0 Å². The molecular weight excluding hydrogens is 312 g/mol. The van der Waals surface area contributed by atoms with E-state index in [1.165, 1.54) is 0 Å². The number of carbonyl (C=O) groups is 1. The van der Waals surface area contributed by atoms with E-state index >= 15 is 0 Å². The van der Waals surface area contributed by atoms with E-state index in [2.05, 4.69) is 10.3 Å². The van der Waals surface area contributed by atoms with E-state index in [0.717, 1.165) is 16.5 Å². The molecule has 23 heavy (non-hydrogen) atoms. The number of para-hydroxylation sites is 1. The van der Waals surface area contributed by atoms with E-state index in [1.807, 2.05) is 63.3 Å². The first-order valence-electron chi connectivity index (χ1n) is 7.54. The Labute approximate surface area is 141 Å². The summed E-state index contributed by atoms with van der Waals surface area (Å²) in [5.41, 5.74) is 1.26. The number of hydrogen-bond donors (Lipinski definition) is 1. The van der Waals surface area contributed by atoms with Gasteiger partial charge in [-0.05, 0) is 39.3 Å². The van der Waals surface area contributed by atoms with Crippen LogP contribution < -0.4 is 5.32 Å². The standard InChI is InChI=1S/C18H21ClN2O2/c1-18(2,3)23-17(22)20-11-7-6-9-14-12-13-8-4-5-10-15(13)21-16(14)19/h4-6,8-10,12H,7,11H2,1-3H3,(H,20,22). The summed E-state index contributed by atoms with van der Waals surface area (Å²) in [7, 11) is 0. The lowest BCUT2D eigenvalue weighted by atomic mass is 10.1. The molecule has 2 rings (SSSR count). The molecular formula is C18H21ClN2O2. The zero-order chi connectivity index (χ0) is 16.9. The molecule has 0 aliphatic rings. The Balaban J connectivity index is 1.89. The third-order valence-electron chi connectivity index (χ3n) is 2.98. The molecule has 0 saturated heterocycles. The number of halogens is 1. The van der Waals surface area contributed by atoms with Crippen molar-refractivity contribution in [2.75, 3.05) is 6.54 Å². The summed E-state index contributed by atoms with van der Waals surface area (Å²) in [6.45, 7) is 6.01. The van der Waals surface area contributed by atoms with Crippen LogP contribution in [0.1, 0.15) is 32.8 Å². The lowest BCUT2D eigenvalue weighted by Crippen LogP contribution is -2.32. The number of carbonyl (C=O) groups excluding carboxylic acids is 1. The lowest BCUT2D eigenvalue weighted by Gasteiger charge is -2.19. The number of fused-ring (bicyclic) bond motifs is 1. The highest BCUT2D eigenvalue weighted by molar-refractivity contribution is 6.31. The molecule has 0 atom stereocenters. The van der Waals surface area contributed by atoms with E-state index in [4.69, 9.17) is 16.3 Å². The summed E-state index contributed by atoms with van der Waals surface area (Å²) in [4.78, 5) is 15.9. The molecule has 0 fully saturated rings. The zero-order valence-electron chi connectivity index (χ0n) is 13.6. The van der Waals surface area contributed by atoms with Crippen molar-refractivity contribution in [2.24, 2.45) is 0 Å². The number of alkyl carbamates (subject to hydrolysis) is 1. The molecule has 4 nitrogen and oxygen atoms in total. The van der Waals surface area contributed by atoms with Gasteiger partial charge in [0.2, 0.25) is 0 Å². The molecule has 122 valence electrons. The molecule has 1 amide bonds. The molecule has 1 aromatic heterocycles. The first-order valence-corrected chi connectivity index (χ1v) is 7.92. The third-order valence-corrected chi connectivity index (χ3v) is 3.28. The summed E-state index contributed by atoms with van der Waals surface area (Å²) in [5, 5.41) is 4.23. The maximum Gasteiger partial charge on any atom is 0.407 e. The second kappa shape index (κ2) is 7.47. The van der Waals surface area contributed by atoms with Crippen LogP contribution in [0.2, 0.25) is 5.15 Å². The number of amides is 1. The number of aromatic nitrogens is 1. The van der Waals surface area contributed by atoms with Gasteiger partial charge in [-0.15, -0.1) is 0 Å². The summed E-state index contributed by atoms with van der Waals surface area (Å²) in [5.74, 6) is 0. The Morgan fingerprint density at radius 2 is 2.09 bits per heavy atom. The van der Waals surface area contributed by atoms with E-state index in [1.54, 1.807) is 0 Å². The first kappa shape index (κ1) is 17.3. The number of hydrogen-bond acceptors (Lipinski definition) is 3. The molecule has 5 heteroatoms. The molecule has 0 bridgehead atoms. The van der Waals surface area contributed by atoms with Gasteiger partial charge in [0, 0.05) is 17.5 Å². The minimum atomic E-state index is -0.482. The van der Waals surface area contributed by atoms with Gasteiger partial charge >= 0.3 is 6.09 Å². The van der Waals surface area contributed by atoms with Crippen molar-refractivity contribution < 1.29 is 9.53 Å². The van der Waals surface area contributed by atoms with Crippen LogP contribution in [0.5, 0.6) is 0 Å². The Hall–Kier alpha value is -2.07. The SMILES string of the molecule is CC(C)(C)OC(=O)NCCC=Cc1cc2ccccc2nc1Cl. The molecule has 0 radical (unpaired) electrons. The van der Waals surface area contributed by atoms with Crippen LogP contribution in [0.25, 0.3) is 17.0 Å². The van der Waals surface area contributed by atoms with Gasteiger partial charge < -0.3 is 10.1 Å². The van der Waals surface area contributed by atoms with Gasteiger partial charge in [0.05, 0.1) is 5.52 Å². The Morgan fingerprint density at radius 1 is 1.35 bits per heavy atom. The molecule has 1 heterocycles. The first-order chi connectivity index (χ1) is 10.8. The fourth-order valence-corrected chi connectivity index (χ4v) is 2.22. The molecule has 1 aromatic carbocycles. The predicted octanol–water partition coefficient (Wildman–Crippen LogP) is 4.82. The summed E-state index contributed by atoms with van der Waals surface area (Å²) >= 11 is 6.19. The maximum absolute atomic E-state index is 11.5. The molecule has 1 N–H and O–H groups in total. The quantitative estimate of drug-likeness (QED) is 0.645. The Kier molecular flexibility index (Phi) is 5.61. The zero-order valence-corrected chi connectivity index (χ0v) is 14.4. The predicted molar refractivity (Wildman–Crippen MR) is 94.6 cm³/mol. The van der Waals surface area contributed by atoms with Gasteiger partial charge in [-0.2, -0.15) is 0 Å². The average Bonchev–Trinajstić information content (AvgIpc) is 2.45. The second-order valence-corrected chi connectivity index (χ2v) is 6.54. The van der Waals surface area contributed by atoms with Crippen LogP contribution in [0.3, 0.4) is 0 Å². The topological polar surface area (TPSA) is 51.2 Å². The van der Waals surface area contributed by atoms with Gasteiger partial charge in [0.25, 0.3) is 0 Å². The number of ether oxygens (including phenoxy) is 1. The number of nitrogens with one attached hydrogen (secondary N) is 1. The van der Waals surface area contributed by atoms with Crippen molar-refractivity contribution >= 4 is 34.7 Å². The molecule has 0 aliphatic carbocycles. The van der Waals surface area contributed by atoms with Crippen molar-refractivity contribution in [1.82, 2.24) is 10.3 Å². The van der Waals surface area contributed by atoms with Crippen LogP contribution in [-0.4, -0.2) is 23.2 Å². The van der Waals surface area contributed by atoms with Crippen LogP contribution in [0, 0.1) is 0 Å². The van der Waals surface area contributed by atoms with Crippen molar-refractivity contribution in [1.29, 1.82) is 0 Å². The van der Waals surface area contributed by atoms with Crippen LogP contribution in [-0.2, 0) is 4.74 Å². The van der Waals surface area contributed by atoms with Crippen molar-refractivity contribution in [3.8, 4) is 0 Å². The monoisotopic (exact) mass is 332 g/mol. The number of rotatable bonds is 4. The van der Waals surface area contributed by atoms with Crippen molar-refractivity contribution in [2.45, 2.75) is 32.8 Å². The van der Waals surface area contributed by atoms with E-state index in [0.29, 0.717) is 18.1 Å². The Morgan fingerprint density at radius 3 is 2.83 bits per heavy atom. The third kappa shape index (κ3) is 5.57. The minimum absolute atomic E-state index is 0.406. The highest BCUT2D eigenvalue weighted by Gasteiger charge is 2.15. The van der Waals surface area contributed by atoms with E-state index < -0.39 is 11.7 Å². The summed E-state index contributed by atoms with van der Waals surface area (Å²) in [6.07, 6.45) is 4.15. The number of benzene rings is 1. The van der Waals surface area contributed by atoms with Gasteiger partial charge in [0.15, 0.2) is 0 Å². The Bertz CT molecular complexity index is 721. The molecule has 0 saturated carbocycles. The molecule has 2 aromatic rings. The number of nitrogens with zero attached hydrogens (tertiary/aromatic N) is 1. The highest BCUT2D eigenvalue weighted by Crippen LogP contribution is 2.21. The normalized spacial score (nSPS) is 11.8. The van der Waals surface area contributed by atoms with Crippen molar-refractivity contribution in [3.05, 3.63) is 47.1 Å². The molecule has 0 aliphatic heterocycles. The van der Waals surface area contributed by atoms with Crippen LogP contribution >= 0.6 is 11.6 Å².